The van der Waals surface area contributed by atoms with Crippen molar-refractivity contribution in [3.05, 3.63) is 35.4 Å². The normalized spacial score (nSPS) is 22.7. The van der Waals surface area contributed by atoms with E-state index in [-0.39, 0.29) is 11.5 Å². The Kier molecular flexibility index (Phi) is 5.80. The second kappa shape index (κ2) is 7.88. The quantitative estimate of drug-likeness (QED) is 0.817. The summed E-state index contributed by atoms with van der Waals surface area (Å²) in [5.41, 5.74) is 4.27. The van der Waals surface area contributed by atoms with E-state index in [1.807, 2.05) is 0 Å². The van der Waals surface area contributed by atoms with E-state index >= 15 is 0 Å². The maximum atomic E-state index is 5.55. The van der Waals surface area contributed by atoms with E-state index in [9.17, 15) is 0 Å². The molecule has 1 aromatic carbocycles. The summed E-state index contributed by atoms with van der Waals surface area (Å²) in [6.07, 6.45) is 2.29. The highest BCUT2D eigenvalue weighted by Gasteiger charge is 2.25. The largest absolute Gasteiger partial charge is 0.391 e. The van der Waals surface area contributed by atoms with Crippen molar-refractivity contribution in [1.82, 2.24) is 9.80 Å². The van der Waals surface area contributed by atoms with E-state index in [4.69, 9.17) is 4.84 Å². The maximum absolute atomic E-state index is 5.55. The average molecular weight is 344 g/mol. The molecule has 25 heavy (non-hydrogen) atoms. The first-order valence-corrected chi connectivity index (χ1v) is 9.69. The van der Waals surface area contributed by atoms with Crippen molar-refractivity contribution in [2.45, 2.75) is 58.6 Å². The monoisotopic (exact) mass is 343 g/mol. The molecule has 1 atom stereocenters. The van der Waals surface area contributed by atoms with E-state index in [0.717, 1.165) is 52.1 Å². The minimum absolute atomic E-state index is 0.230. The van der Waals surface area contributed by atoms with Gasteiger partial charge in [-0.1, -0.05) is 57.1 Å². The molecule has 2 aliphatic rings. The van der Waals surface area contributed by atoms with Crippen molar-refractivity contribution in [3.63, 3.8) is 0 Å². The first-order valence-electron chi connectivity index (χ1n) is 9.69. The van der Waals surface area contributed by atoms with E-state index in [1.165, 1.54) is 16.8 Å². The summed E-state index contributed by atoms with van der Waals surface area (Å²) in [7, 11) is 0. The highest BCUT2D eigenvalue weighted by molar-refractivity contribution is 5.85. The predicted octanol–water partition coefficient (Wildman–Crippen LogP) is 3.66. The number of piperazine rings is 1. The number of oxime groups is 1. The lowest BCUT2D eigenvalue weighted by Crippen LogP contribution is -2.48. The number of benzene rings is 1. The molecule has 3 rings (SSSR count). The van der Waals surface area contributed by atoms with Gasteiger partial charge in [-0.05, 0) is 23.0 Å². The number of nitrogens with zero attached hydrogens (tertiary/aromatic N) is 3. The third-order valence-corrected chi connectivity index (χ3v) is 5.36. The highest BCUT2D eigenvalue weighted by Crippen LogP contribution is 2.23. The first-order chi connectivity index (χ1) is 11.9. The number of hydrogen-bond donors (Lipinski definition) is 0. The lowest BCUT2D eigenvalue weighted by molar-refractivity contribution is 0.0338. The van der Waals surface area contributed by atoms with Gasteiger partial charge in [-0.2, -0.15) is 0 Å². The van der Waals surface area contributed by atoms with Crippen LogP contribution in [0.5, 0.6) is 0 Å². The van der Waals surface area contributed by atoms with Crippen LogP contribution < -0.4 is 0 Å². The summed E-state index contributed by atoms with van der Waals surface area (Å²) in [4.78, 5) is 10.6. The molecule has 4 nitrogen and oxygen atoms in total. The van der Waals surface area contributed by atoms with Crippen molar-refractivity contribution in [2.24, 2.45) is 5.16 Å². The van der Waals surface area contributed by atoms with Crippen molar-refractivity contribution in [1.29, 1.82) is 0 Å². The molecule has 1 unspecified atom stereocenters. The van der Waals surface area contributed by atoms with Gasteiger partial charge in [0.25, 0.3) is 0 Å². The molecule has 0 saturated carbocycles. The minimum atomic E-state index is 0.230. The van der Waals surface area contributed by atoms with Crippen LogP contribution in [0.3, 0.4) is 0 Å². The second-order valence-electron chi connectivity index (χ2n) is 8.47. The van der Waals surface area contributed by atoms with Gasteiger partial charge in [-0.3, -0.25) is 9.80 Å². The fourth-order valence-electron chi connectivity index (χ4n) is 3.58. The van der Waals surface area contributed by atoms with Gasteiger partial charge in [0.05, 0.1) is 5.71 Å². The second-order valence-corrected chi connectivity index (χ2v) is 8.47. The molecule has 1 fully saturated rings. The topological polar surface area (TPSA) is 28.1 Å². The van der Waals surface area contributed by atoms with Gasteiger partial charge in [-0.15, -0.1) is 0 Å². The molecule has 4 heteroatoms. The zero-order valence-electron chi connectivity index (χ0n) is 16.3. The first kappa shape index (κ1) is 18.4. The van der Waals surface area contributed by atoms with Gasteiger partial charge in [-0.25, -0.2) is 0 Å². The number of hydrogen-bond acceptors (Lipinski definition) is 4. The van der Waals surface area contributed by atoms with E-state index in [0.29, 0.717) is 0 Å². The Labute approximate surface area is 152 Å². The van der Waals surface area contributed by atoms with Crippen LogP contribution in [0, 0.1) is 0 Å². The molecular formula is C21H33N3O. The lowest BCUT2D eigenvalue weighted by Gasteiger charge is -2.35. The standard InChI is InChI=1S/C21H33N3O/c1-5-19-14-20(25-22-19)16-24-12-10-23(11-13-24)15-17-6-8-18(9-7-17)21(2,3)4/h6-9,20H,5,10-16H2,1-4H3. The van der Waals surface area contributed by atoms with E-state index < -0.39 is 0 Å². The van der Waals surface area contributed by atoms with Crippen LogP contribution in [-0.4, -0.2) is 54.3 Å². The Morgan fingerprint density at radius 1 is 1.04 bits per heavy atom. The molecular weight excluding hydrogens is 310 g/mol. The fourth-order valence-corrected chi connectivity index (χ4v) is 3.58. The molecule has 2 aliphatic heterocycles. The van der Waals surface area contributed by atoms with Crippen LogP contribution in [0.4, 0.5) is 0 Å². The Morgan fingerprint density at radius 3 is 2.24 bits per heavy atom. The molecule has 1 aromatic rings. The Bertz CT molecular complexity index is 580. The highest BCUT2D eigenvalue weighted by atomic mass is 16.6. The average Bonchev–Trinajstić information content (AvgIpc) is 3.04. The third-order valence-electron chi connectivity index (χ3n) is 5.36. The summed E-state index contributed by atoms with van der Waals surface area (Å²) < 4.78 is 0. The SMILES string of the molecule is CCC1=NOC(CN2CCN(Cc3ccc(C(C)(C)C)cc3)CC2)C1. The van der Waals surface area contributed by atoms with Gasteiger partial charge >= 0.3 is 0 Å². The molecule has 0 spiro atoms. The molecule has 0 aliphatic carbocycles. The smallest absolute Gasteiger partial charge is 0.145 e. The van der Waals surface area contributed by atoms with Crippen molar-refractivity contribution in [2.75, 3.05) is 32.7 Å². The van der Waals surface area contributed by atoms with Crippen LogP contribution in [0.1, 0.15) is 51.7 Å². The molecule has 0 N–H and O–H groups in total. The molecule has 0 amide bonds. The Hall–Kier alpha value is -1.39. The van der Waals surface area contributed by atoms with Gasteiger partial charge in [0.2, 0.25) is 0 Å². The molecule has 2 heterocycles. The van der Waals surface area contributed by atoms with Crippen molar-refractivity contribution >= 4 is 5.71 Å². The van der Waals surface area contributed by atoms with E-state index in [2.05, 4.69) is 66.9 Å². The molecule has 0 bridgehead atoms. The maximum Gasteiger partial charge on any atom is 0.145 e. The van der Waals surface area contributed by atoms with Gasteiger partial charge in [0, 0.05) is 45.7 Å². The molecule has 138 valence electrons. The fraction of sp³-hybridized carbons (Fsp3) is 0.667. The minimum Gasteiger partial charge on any atom is -0.391 e. The molecule has 0 aromatic heterocycles. The van der Waals surface area contributed by atoms with Crippen molar-refractivity contribution < 1.29 is 4.84 Å². The van der Waals surface area contributed by atoms with Crippen LogP contribution >= 0.6 is 0 Å². The Morgan fingerprint density at radius 2 is 1.68 bits per heavy atom. The zero-order valence-corrected chi connectivity index (χ0v) is 16.3. The lowest BCUT2D eigenvalue weighted by atomic mass is 9.87. The van der Waals surface area contributed by atoms with Crippen LogP contribution in [-0.2, 0) is 16.8 Å². The third kappa shape index (κ3) is 5.05. The van der Waals surface area contributed by atoms with E-state index in [1.54, 1.807) is 0 Å². The van der Waals surface area contributed by atoms with Crippen molar-refractivity contribution in [3.8, 4) is 0 Å². The van der Waals surface area contributed by atoms with Gasteiger partial charge in [0.15, 0.2) is 0 Å². The molecule has 1 saturated heterocycles. The summed E-state index contributed by atoms with van der Waals surface area (Å²) in [5.74, 6) is 0. The predicted molar refractivity (Wildman–Crippen MR) is 104 cm³/mol. The summed E-state index contributed by atoms with van der Waals surface area (Å²) >= 11 is 0. The van der Waals surface area contributed by atoms with Gasteiger partial charge in [0.1, 0.15) is 6.10 Å². The summed E-state index contributed by atoms with van der Waals surface area (Å²) in [6.45, 7) is 15.5. The molecule has 0 radical (unpaired) electrons. The van der Waals surface area contributed by atoms with Crippen LogP contribution in [0.15, 0.2) is 29.4 Å². The summed E-state index contributed by atoms with van der Waals surface area (Å²) in [6, 6.07) is 9.16. The Balaban J connectivity index is 1.42. The van der Waals surface area contributed by atoms with Crippen LogP contribution in [0.2, 0.25) is 0 Å². The van der Waals surface area contributed by atoms with Crippen LogP contribution in [0.25, 0.3) is 0 Å². The number of rotatable bonds is 5. The zero-order chi connectivity index (χ0) is 17.9. The summed E-state index contributed by atoms with van der Waals surface area (Å²) in [5, 5.41) is 4.18. The van der Waals surface area contributed by atoms with Gasteiger partial charge < -0.3 is 4.84 Å².